The molecule has 8 aromatic rings. The molecule has 0 N–H and O–H groups in total. The molecule has 0 aliphatic rings. The van der Waals surface area contributed by atoms with Crippen molar-refractivity contribution in [3.63, 3.8) is 0 Å². The molecule has 0 amide bonds. The van der Waals surface area contributed by atoms with E-state index in [1.165, 1.54) is 68.1 Å². The van der Waals surface area contributed by atoms with Crippen LogP contribution in [-0.2, 0) is 12.5 Å². The molecule has 0 saturated carbocycles. The molecule has 0 radical (unpaired) electrons. The number of benzene rings is 4. The normalized spacial score (nSPS) is 12.2. The minimum Gasteiger partial charge on any atom is -0.344 e. The van der Waals surface area contributed by atoms with E-state index in [0.717, 1.165) is 33.5 Å². The number of thiophene rings is 2. The van der Waals surface area contributed by atoms with E-state index in [1.807, 2.05) is 54.4 Å². The van der Waals surface area contributed by atoms with Crippen molar-refractivity contribution in [2.75, 3.05) is 0 Å². The van der Waals surface area contributed by atoms with Crippen LogP contribution in [0.2, 0.25) is 0 Å². The van der Waals surface area contributed by atoms with E-state index in [0.29, 0.717) is 0 Å². The quantitative estimate of drug-likeness (QED) is 0.164. The van der Waals surface area contributed by atoms with Crippen molar-refractivity contribution in [2.24, 2.45) is 7.05 Å². The summed E-state index contributed by atoms with van der Waals surface area (Å²) in [6, 6.07) is 28.4. The van der Waals surface area contributed by atoms with Crippen LogP contribution in [0.1, 0.15) is 77.0 Å². The summed E-state index contributed by atoms with van der Waals surface area (Å²) in [5.74, 6) is 0. The molecule has 0 atom stereocenters. The standard InChI is InChI=1S/C45H43N3S3.C2H6/c1-11-29-25(2)26(3)32-24-35(49-40(32)41(29)51-45(7,8)9)42-38-39(43(50-42)44(4,5)6)47-37(36(46-38)27-17-13-12-14-18-27)28-21-22-31-30-19-15-16-20-33(30)48(10)34(31)23-28;1-2/h11-24H,1H2,2-10H3;1-2H3. The van der Waals surface area contributed by atoms with Gasteiger partial charge >= 0.3 is 0 Å². The van der Waals surface area contributed by atoms with Gasteiger partial charge in [0.25, 0.3) is 0 Å². The van der Waals surface area contributed by atoms with Crippen molar-refractivity contribution < 1.29 is 0 Å². The summed E-state index contributed by atoms with van der Waals surface area (Å²) < 4.78 is 3.69. The van der Waals surface area contributed by atoms with Gasteiger partial charge in [0.15, 0.2) is 0 Å². The largest absolute Gasteiger partial charge is 0.344 e. The lowest BCUT2D eigenvalue weighted by Crippen LogP contribution is -2.09. The molecule has 0 aliphatic carbocycles. The molecule has 4 aromatic carbocycles. The first-order chi connectivity index (χ1) is 25.2. The highest BCUT2D eigenvalue weighted by atomic mass is 32.2. The van der Waals surface area contributed by atoms with Crippen molar-refractivity contribution in [3.8, 4) is 32.3 Å². The van der Waals surface area contributed by atoms with Gasteiger partial charge in [0.05, 0.1) is 16.3 Å². The average molecular weight is 752 g/mol. The molecule has 0 saturated heterocycles. The molecule has 4 aromatic heterocycles. The summed E-state index contributed by atoms with van der Waals surface area (Å²) in [5.41, 5.74) is 12.1. The van der Waals surface area contributed by atoms with Crippen LogP contribution in [-0.4, -0.2) is 19.3 Å². The van der Waals surface area contributed by atoms with Crippen LogP contribution in [0, 0.1) is 13.8 Å². The van der Waals surface area contributed by atoms with E-state index in [1.54, 1.807) is 0 Å². The third-order valence-electron chi connectivity index (χ3n) is 9.84. The minimum absolute atomic E-state index is 0.0627. The topological polar surface area (TPSA) is 30.7 Å². The lowest BCUT2D eigenvalue weighted by atomic mass is 9.93. The smallest absolute Gasteiger partial charge is 0.109 e. The summed E-state index contributed by atoms with van der Waals surface area (Å²) in [7, 11) is 2.15. The molecule has 53 heavy (non-hydrogen) atoms. The Labute approximate surface area is 326 Å². The maximum absolute atomic E-state index is 5.63. The first kappa shape index (κ1) is 37.1. The Morgan fingerprint density at radius 2 is 1.34 bits per heavy atom. The van der Waals surface area contributed by atoms with Crippen molar-refractivity contribution in [3.05, 3.63) is 107 Å². The fraction of sp³-hybridized carbons (Fsp3) is 0.277. The zero-order valence-electron chi connectivity index (χ0n) is 32.9. The summed E-state index contributed by atoms with van der Waals surface area (Å²) >= 11 is 5.69. The average Bonchev–Trinajstić information content (AvgIpc) is 3.83. The first-order valence-electron chi connectivity index (χ1n) is 18.5. The summed E-state index contributed by atoms with van der Waals surface area (Å²) in [5, 5.41) is 3.83. The number of aromatic nitrogens is 3. The number of fused-ring (bicyclic) bond motifs is 5. The number of rotatable bonds is 5. The molecule has 270 valence electrons. The number of thioether (sulfide) groups is 1. The van der Waals surface area contributed by atoms with E-state index in [4.69, 9.17) is 9.97 Å². The second-order valence-corrected chi connectivity index (χ2v) is 19.5. The van der Waals surface area contributed by atoms with Crippen LogP contribution in [0.4, 0.5) is 0 Å². The zero-order chi connectivity index (χ0) is 38.0. The highest BCUT2D eigenvalue weighted by Crippen LogP contribution is 2.51. The molecule has 0 bridgehead atoms. The predicted molar refractivity (Wildman–Crippen MR) is 238 cm³/mol. The Balaban J connectivity index is 0.00000214. The van der Waals surface area contributed by atoms with Crippen LogP contribution < -0.4 is 0 Å². The Hall–Kier alpha value is -4.23. The van der Waals surface area contributed by atoms with Gasteiger partial charge in [0, 0.05) is 64.1 Å². The SMILES string of the molecule is C=Cc1c(C)c(C)c2cc(-c3sc(C(C)(C)C)c4nc(-c5ccc6c7ccccc7n(C)c6c5)c(-c5ccccc5)nc34)sc2c1SC(C)(C)C.CC. The van der Waals surface area contributed by atoms with Crippen molar-refractivity contribution >= 4 is 83.4 Å². The summed E-state index contributed by atoms with van der Waals surface area (Å²) in [6.07, 6.45) is 2.04. The second-order valence-electron chi connectivity index (χ2n) is 15.6. The Bertz CT molecular complexity index is 2670. The highest BCUT2D eigenvalue weighted by molar-refractivity contribution is 8.01. The van der Waals surface area contributed by atoms with Crippen molar-refractivity contribution in [2.45, 2.75) is 84.3 Å². The maximum Gasteiger partial charge on any atom is 0.109 e. The molecular formula is C47H49N3S3. The second kappa shape index (κ2) is 13.9. The summed E-state index contributed by atoms with van der Waals surface area (Å²) in [6.45, 7) is 26.5. The first-order valence-corrected chi connectivity index (χ1v) is 21.0. The molecule has 0 spiro atoms. The molecule has 3 nitrogen and oxygen atoms in total. The molecule has 4 heterocycles. The Morgan fingerprint density at radius 3 is 2.02 bits per heavy atom. The van der Waals surface area contributed by atoms with Gasteiger partial charge in [-0.15, -0.1) is 34.4 Å². The van der Waals surface area contributed by atoms with Crippen molar-refractivity contribution in [1.29, 1.82) is 0 Å². The van der Waals surface area contributed by atoms with Crippen LogP contribution in [0.25, 0.3) is 81.3 Å². The lowest BCUT2D eigenvalue weighted by Gasteiger charge is -2.22. The number of para-hydroxylation sites is 1. The predicted octanol–water partition coefficient (Wildman–Crippen LogP) is 15.0. The van der Waals surface area contributed by atoms with Gasteiger partial charge in [0.1, 0.15) is 11.0 Å². The third kappa shape index (κ3) is 6.43. The van der Waals surface area contributed by atoms with Crippen LogP contribution in [0.15, 0.2) is 90.3 Å². The fourth-order valence-corrected chi connectivity index (χ4v) is 11.2. The molecule has 0 fully saturated rings. The van der Waals surface area contributed by atoms with E-state index in [-0.39, 0.29) is 10.2 Å². The number of aryl methyl sites for hydroxylation is 2. The molecule has 8 rings (SSSR count). The van der Waals surface area contributed by atoms with Gasteiger partial charge in [0.2, 0.25) is 0 Å². The molecule has 6 heteroatoms. The number of nitrogens with zero attached hydrogens (tertiary/aromatic N) is 3. The van der Waals surface area contributed by atoms with Crippen molar-refractivity contribution in [1.82, 2.24) is 14.5 Å². The molecular weight excluding hydrogens is 703 g/mol. The van der Waals surface area contributed by atoms with Gasteiger partial charge < -0.3 is 4.57 Å². The van der Waals surface area contributed by atoms with Gasteiger partial charge in [-0.2, -0.15) is 0 Å². The summed E-state index contributed by atoms with van der Waals surface area (Å²) in [4.78, 5) is 16.3. The van der Waals surface area contributed by atoms with E-state index in [9.17, 15) is 0 Å². The number of hydrogen-bond acceptors (Lipinski definition) is 5. The fourth-order valence-electron chi connectivity index (χ4n) is 7.23. The van der Waals surface area contributed by atoms with Crippen LogP contribution in [0.3, 0.4) is 0 Å². The van der Waals surface area contributed by atoms with Gasteiger partial charge in [-0.05, 0) is 59.5 Å². The van der Waals surface area contributed by atoms with Gasteiger partial charge in [-0.1, -0.05) is 129 Å². The number of hydrogen-bond donors (Lipinski definition) is 0. The van der Waals surface area contributed by atoms with E-state index >= 15 is 0 Å². The van der Waals surface area contributed by atoms with Crippen LogP contribution in [0.5, 0.6) is 0 Å². The Kier molecular flexibility index (Phi) is 9.72. The van der Waals surface area contributed by atoms with E-state index < -0.39 is 0 Å². The Morgan fingerprint density at radius 1 is 0.698 bits per heavy atom. The molecule has 0 aliphatic heterocycles. The third-order valence-corrected chi connectivity index (χ3v) is 14.1. The molecule has 0 unspecified atom stereocenters. The highest BCUT2D eigenvalue weighted by Gasteiger charge is 2.29. The van der Waals surface area contributed by atoms with Gasteiger partial charge in [-0.25, -0.2) is 9.97 Å². The van der Waals surface area contributed by atoms with E-state index in [2.05, 4.69) is 152 Å². The lowest BCUT2D eigenvalue weighted by molar-refractivity contribution is 0.607. The monoisotopic (exact) mass is 751 g/mol. The maximum atomic E-state index is 5.63. The van der Waals surface area contributed by atoms with Gasteiger partial charge in [-0.3, -0.25) is 0 Å². The van der Waals surface area contributed by atoms with Crippen LogP contribution >= 0.6 is 34.4 Å². The zero-order valence-corrected chi connectivity index (χ0v) is 35.3. The minimum atomic E-state index is -0.117.